The number of nitrogens with zero attached hydrogens (tertiary/aromatic N) is 3. The van der Waals surface area contributed by atoms with Crippen LogP contribution >= 0.6 is 11.3 Å². The van der Waals surface area contributed by atoms with Gasteiger partial charge in [0, 0.05) is 20.8 Å². The van der Waals surface area contributed by atoms with Gasteiger partial charge in [-0.05, 0) is 0 Å². The number of anilines is 1. The van der Waals surface area contributed by atoms with E-state index in [1.807, 2.05) is 0 Å². The fourth-order valence-corrected chi connectivity index (χ4v) is 2.36. The molecule has 1 aromatic rings. The minimum atomic E-state index is -1.45. The molecule has 0 aromatic carbocycles. The molecule has 0 unspecified atom stereocenters. The Morgan fingerprint density at radius 1 is 1.26 bits per heavy atom. The first-order valence-electron chi connectivity index (χ1n) is 7.47. The smallest absolute Gasteiger partial charge is 0.303 e. The van der Waals surface area contributed by atoms with Crippen LogP contribution in [0.15, 0.2) is 5.51 Å². The lowest BCUT2D eigenvalue weighted by molar-refractivity contribution is -0.174. The maximum absolute atomic E-state index is 11.0. The topological polar surface area (TPSA) is 170 Å². The summed E-state index contributed by atoms with van der Waals surface area (Å²) in [5, 5.41) is 27.6. The average Bonchev–Trinajstić information content (AvgIpc) is 3.16. The standard InChI is InChI=1S/C11H16O8.C3H2N4S/c1-5(12)16-4-8-9(17-6(2)13)10(11(15)19-8)18-7(3)14;4-1-5-3-7-6-2-8-3/h8-11,15H,4H2,1-3H3;2H,(H,5,7)/t8-,9-,10-,11-;/m1./s1. The number of aliphatic hydroxyl groups excluding tert-OH is 1. The zero-order valence-electron chi connectivity index (χ0n) is 14.6. The van der Waals surface area contributed by atoms with Crippen molar-refractivity contribution >= 4 is 34.4 Å². The SMILES string of the molecule is CC(=O)OC[C@H]1O[C@@H](O)[C@H](OC(C)=O)[C@@H]1OC(C)=O.N#CNc1nncs1. The lowest BCUT2D eigenvalue weighted by atomic mass is 10.1. The van der Waals surface area contributed by atoms with Crippen molar-refractivity contribution in [1.82, 2.24) is 10.2 Å². The minimum absolute atomic E-state index is 0.220. The first-order chi connectivity index (χ1) is 12.7. The fraction of sp³-hybridized carbons (Fsp3) is 0.571. The van der Waals surface area contributed by atoms with Gasteiger partial charge in [0.25, 0.3) is 0 Å². The van der Waals surface area contributed by atoms with E-state index in [9.17, 15) is 19.5 Å². The van der Waals surface area contributed by atoms with E-state index in [0.29, 0.717) is 5.13 Å². The number of nitriles is 1. The molecule has 12 nitrogen and oxygen atoms in total. The second kappa shape index (κ2) is 11.0. The van der Waals surface area contributed by atoms with Crippen LogP contribution < -0.4 is 5.32 Å². The van der Waals surface area contributed by atoms with Crippen LogP contribution in [0.2, 0.25) is 0 Å². The molecule has 0 bridgehead atoms. The largest absolute Gasteiger partial charge is 0.463 e. The highest BCUT2D eigenvalue weighted by atomic mass is 32.1. The Bertz CT molecular complexity index is 677. The Morgan fingerprint density at radius 2 is 1.89 bits per heavy atom. The van der Waals surface area contributed by atoms with Gasteiger partial charge in [-0.15, -0.1) is 10.2 Å². The fourth-order valence-electron chi connectivity index (χ4n) is 1.97. The van der Waals surface area contributed by atoms with Crippen LogP contribution in [0.3, 0.4) is 0 Å². The monoisotopic (exact) mass is 402 g/mol. The lowest BCUT2D eigenvalue weighted by Gasteiger charge is -2.21. The summed E-state index contributed by atoms with van der Waals surface area (Å²) in [5.41, 5.74) is 1.56. The number of aromatic nitrogens is 2. The summed E-state index contributed by atoms with van der Waals surface area (Å²) in [7, 11) is 0. The van der Waals surface area contributed by atoms with Crippen molar-refractivity contribution in [2.24, 2.45) is 0 Å². The Balaban J connectivity index is 0.000000377. The minimum Gasteiger partial charge on any atom is -0.463 e. The Hall–Kier alpha value is -2.82. The molecule has 1 aliphatic rings. The van der Waals surface area contributed by atoms with Gasteiger partial charge in [0.2, 0.25) is 5.13 Å². The second-order valence-corrected chi connectivity index (χ2v) is 5.83. The van der Waals surface area contributed by atoms with Crippen molar-refractivity contribution < 1.29 is 38.4 Å². The van der Waals surface area contributed by atoms with Crippen molar-refractivity contribution in [1.29, 1.82) is 5.26 Å². The molecule has 0 saturated carbocycles. The molecule has 4 atom stereocenters. The number of aliphatic hydroxyl groups is 1. The summed E-state index contributed by atoms with van der Waals surface area (Å²) in [6, 6.07) is 0. The zero-order valence-corrected chi connectivity index (χ0v) is 15.5. The van der Waals surface area contributed by atoms with E-state index in [1.165, 1.54) is 25.2 Å². The highest BCUT2D eigenvalue weighted by Gasteiger charge is 2.49. The molecule has 1 fully saturated rings. The molecule has 1 aromatic heterocycles. The van der Waals surface area contributed by atoms with Crippen molar-refractivity contribution in [2.75, 3.05) is 11.9 Å². The van der Waals surface area contributed by atoms with Crippen LogP contribution in [0.4, 0.5) is 5.13 Å². The quantitative estimate of drug-likeness (QED) is 0.282. The molecule has 2 rings (SSSR count). The summed E-state index contributed by atoms with van der Waals surface area (Å²) in [6.07, 6.45) is -2.80. The van der Waals surface area contributed by atoms with Crippen molar-refractivity contribution in [3.63, 3.8) is 0 Å². The molecular weight excluding hydrogens is 384 g/mol. The van der Waals surface area contributed by atoms with Gasteiger partial charge in [0.15, 0.2) is 24.7 Å². The summed E-state index contributed by atoms with van der Waals surface area (Å²) < 4.78 is 19.6. The predicted octanol–water partition coefficient (Wildman–Crippen LogP) is -0.439. The van der Waals surface area contributed by atoms with E-state index in [1.54, 1.807) is 11.7 Å². The Labute approximate surface area is 158 Å². The number of carbonyl (C=O) groups excluding carboxylic acids is 3. The summed E-state index contributed by atoms with van der Waals surface area (Å²) in [4.78, 5) is 32.7. The second-order valence-electron chi connectivity index (χ2n) is 5.00. The number of rotatable bonds is 5. The van der Waals surface area contributed by atoms with Crippen LogP contribution in [-0.2, 0) is 33.3 Å². The number of nitrogens with one attached hydrogen (secondary N) is 1. The van der Waals surface area contributed by atoms with Gasteiger partial charge >= 0.3 is 17.9 Å². The van der Waals surface area contributed by atoms with E-state index >= 15 is 0 Å². The van der Waals surface area contributed by atoms with E-state index in [-0.39, 0.29) is 6.61 Å². The third-order valence-electron chi connectivity index (χ3n) is 2.86. The molecule has 1 aliphatic heterocycles. The number of esters is 3. The molecule has 1 saturated heterocycles. The van der Waals surface area contributed by atoms with Crippen LogP contribution in [-0.4, -0.2) is 64.4 Å². The predicted molar refractivity (Wildman–Crippen MR) is 87.8 cm³/mol. The number of hydrogen-bond acceptors (Lipinski definition) is 13. The third kappa shape index (κ3) is 7.94. The summed E-state index contributed by atoms with van der Waals surface area (Å²) in [6.45, 7) is 3.30. The average molecular weight is 402 g/mol. The van der Waals surface area contributed by atoms with Crippen molar-refractivity contribution in [3.8, 4) is 6.19 Å². The van der Waals surface area contributed by atoms with Gasteiger partial charge in [0.05, 0.1) is 0 Å². The van der Waals surface area contributed by atoms with Crippen molar-refractivity contribution in [3.05, 3.63) is 5.51 Å². The van der Waals surface area contributed by atoms with Crippen LogP contribution in [0.5, 0.6) is 0 Å². The molecule has 2 N–H and O–H groups in total. The summed E-state index contributed by atoms with van der Waals surface area (Å²) in [5.74, 6) is -1.83. The number of hydrogen-bond donors (Lipinski definition) is 2. The highest BCUT2D eigenvalue weighted by molar-refractivity contribution is 7.13. The van der Waals surface area contributed by atoms with E-state index < -0.39 is 42.5 Å². The maximum atomic E-state index is 11.0. The van der Waals surface area contributed by atoms with Gasteiger partial charge in [-0.25, -0.2) is 0 Å². The molecule has 0 radical (unpaired) electrons. The van der Waals surface area contributed by atoms with Gasteiger partial charge in [0.1, 0.15) is 18.2 Å². The first kappa shape index (κ1) is 22.2. The Morgan fingerprint density at radius 3 is 2.37 bits per heavy atom. The maximum Gasteiger partial charge on any atom is 0.303 e. The molecule has 148 valence electrons. The van der Waals surface area contributed by atoms with Crippen LogP contribution in [0, 0.1) is 11.5 Å². The molecule has 27 heavy (non-hydrogen) atoms. The van der Waals surface area contributed by atoms with Gasteiger partial charge in [-0.3, -0.25) is 19.7 Å². The van der Waals surface area contributed by atoms with Crippen LogP contribution in [0.1, 0.15) is 20.8 Å². The molecule has 0 spiro atoms. The third-order valence-corrected chi connectivity index (χ3v) is 3.47. The molecule has 2 heterocycles. The molecular formula is C14H18N4O8S. The van der Waals surface area contributed by atoms with E-state index in [4.69, 9.17) is 24.2 Å². The normalized spacial score (nSPS) is 23.2. The number of carbonyl (C=O) groups is 3. The number of ether oxygens (including phenoxy) is 4. The van der Waals surface area contributed by atoms with Gasteiger partial charge in [-0.1, -0.05) is 11.3 Å². The van der Waals surface area contributed by atoms with Gasteiger partial charge in [-0.2, -0.15) is 5.26 Å². The Kier molecular flexibility index (Phi) is 9.06. The molecule has 0 amide bonds. The first-order valence-corrected chi connectivity index (χ1v) is 8.35. The van der Waals surface area contributed by atoms with E-state index in [2.05, 4.69) is 15.5 Å². The van der Waals surface area contributed by atoms with Gasteiger partial charge < -0.3 is 24.1 Å². The van der Waals surface area contributed by atoms with E-state index in [0.717, 1.165) is 6.92 Å². The molecule has 0 aliphatic carbocycles. The zero-order chi connectivity index (χ0) is 20.4. The lowest BCUT2D eigenvalue weighted by Crippen LogP contribution is -2.41. The summed E-state index contributed by atoms with van der Waals surface area (Å²) >= 11 is 1.29. The molecule has 13 heteroatoms. The van der Waals surface area contributed by atoms with Crippen molar-refractivity contribution in [2.45, 2.75) is 45.4 Å². The van der Waals surface area contributed by atoms with Crippen LogP contribution in [0.25, 0.3) is 0 Å². The highest BCUT2D eigenvalue weighted by Crippen LogP contribution is 2.26.